The van der Waals surface area contributed by atoms with Crippen LogP contribution in [0, 0.1) is 0 Å². The summed E-state index contributed by atoms with van der Waals surface area (Å²) in [6.07, 6.45) is -5.01. The molecule has 0 N–H and O–H groups in total. The van der Waals surface area contributed by atoms with Gasteiger partial charge in [-0.25, -0.2) is 0 Å². The van der Waals surface area contributed by atoms with Gasteiger partial charge in [-0.05, 0) is 18.6 Å². The number of hydrogen-bond donors (Lipinski definition) is 0. The predicted molar refractivity (Wildman–Crippen MR) is 64.7 cm³/mol. The third-order valence-corrected chi connectivity index (χ3v) is 2.67. The molecule has 0 aliphatic heterocycles. The van der Waals surface area contributed by atoms with E-state index in [9.17, 15) is 26.7 Å². The Labute approximate surface area is 113 Å². The molecule has 0 saturated heterocycles. The summed E-state index contributed by atoms with van der Waals surface area (Å²) >= 11 is 0. The van der Waals surface area contributed by atoms with Crippen LogP contribution in [0.15, 0.2) is 30.3 Å². The van der Waals surface area contributed by atoms with Crippen LogP contribution < -0.4 is 4.90 Å². The van der Waals surface area contributed by atoms with Crippen LogP contribution in [0.3, 0.4) is 0 Å². The smallest absolute Gasteiger partial charge is 0.307 e. The van der Waals surface area contributed by atoms with E-state index in [1.165, 1.54) is 24.3 Å². The van der Waals surface area contributed by atoms with Gasteiger partial charge in [0.15, 0.2) is 0 Å². The standard InChI is InChI=1S/C13H14F5NO/c1-2-3-9-19(10-7-5-4-6-8-10)11(20)12(14,15)13(16,17)18/h4-8H,2-3,9H2,1H3. The first-order valence-corrected chi connectivity index (χ1v) is 6.03. The van der Waals surface area contributed by atoms with Crippen molar-refractivity contribution < 1.29 is 26.7 Å². The lowest BCUT2D eigenvalue weighted by atomic mass is 10.2. The lowest BCUT2D eigenvalue weighted by Crippen LogP contribution is -2.52. The van der Waals surface area contributed by atoms with Crippen molar-refractivity contribution in [3.63, 3.8) is 0 Å². The van der Waals surface area contributed by atoms with Gasteiger partial charge in [0, 0.05) is 12.2 Å². The SMILES string of the molecule is CCCCN(C(=O)C(F)(F)C(F)(F)F)c1ccccc1. The fraction of sp³-hybridized carbons (Fsp3) is 0.462. The van der Waals surface area contributed by atoms with Gasteiger partial charge in [-0.2, -0.15) is 22.0 Å². The van der Waals surface area contributed by atoms with Gasteiger partial charge in [0.1, 0.15) is 0 Å². The number of carbonyl (C=O) groups is 1. The van der Waals surface area contributed by atoms with Gasteiger partial charge < -0.3 is 4.90 Å². The quantitative estimate of drug-likeness (QED) is 0.751. The van der Waals surface area contributed by atoms with E-state index in [0.29, 0.717) is 17.7 Å². The highest BCUT2D eigenvalue weighted by molar-refractivity contribution is 5.98. The molecule has 0 spiro atoms. The Kier molecular flexibility index (Phi) is 5.08. The van der Waals surface area contributed by atoms with Crippen molar-refractivity contribution in [3.8, 4) is 0 Å². The van der Waals surface area contributed by atoms with Crippen LogP contribution in [-0.4, -0.2) is 24.6 Å². The molecule has 0 radical (unpaired) electrons. The maximum atomic E-state index is 13.2. The van der Waals surface area contributed by atoms with Crippen LogP contribution in [0.5, 0.6) is 0 Å². The summed E-state index contributed by atoms with van der Waals surface area (Å²) < 4.78 is 63.2. The molecule has 0 aliphatic carbocycles. The van der Waals surface area contributed by atoms with Crippen molar-refractivity contribution in [2.24, 2.45) is 0 Å². The van der Waals surface area contributed by atoms with E-state index in [0.717, 1.165) is 0 Å². The maximum absolute atomic E-state index is 13.2. The molecule has 0 unspecified atom stereocenters. The normalized spacial score (nSPS) is 12.3. The Hall–Kier alpha value is -1.66. The Morgan fingerprint density at radius 3 is 2.10 bits per heavy atom. The largest absolute Gasteiger partial charge is 0.463 e. The molecular formula is C13H14F5NO. The number of unbranched alkanes of at least 4 members (excludes halogenated alkanes) is 1. The predicted octanol–water partition coefficient (Wildman–Crippen LogP) is 4.02. The monoisotopic (exact) mass is 295 g/mol. The summed E-state index contributed by atoms with van der Waals surface area (Å²) in [5.74, 6) is -7.64. The molecular weight excluding hydrogens is 281 g/mol. The fourth-order valence-electron chi connectivity index (χ4n) is 1.56. The van der Waals surface area contributed by atoms with E-state index < -0.39 is 18.0 Å². The van der Waals surface area contributed by atoms with Crippen LogP contribution >= 0.6 is 0 Å². The number of alkyl halides is 5. The number of nitrogens with zero attached hydrogens (tertiary/aromatic N) is 1. The molecule has 20 heavy (non-hydrogen) atoms. The third kappa shape index (κ3) is 3.46. The van der Waals surface area contributed by atoms with Crippen molar-refractivity contribution in [1.82, 2.24) is 0 Å². The zero-order valence-corrected chi connectivity index (χ0v) is 10.8. The number of carbonyl (C=O) groups excluding carboxylic acids is 1. The van der Waals surface area contributed by atoms with E-state index in [-0.39, 0.29) is 12.2 Å². The fourth-order valence-corrected chi connectivity index (χ4v) is 1.56. The van der Waals surface area contributed by atoms with Crippen LogP contribution in [0.1, 0.15) is 19.8 Å². The first-order valence-electron chi connectivity index (χ1n) is 6.03. The van der Waals surface area contributed by atoms with Crippen LogP contribution in [0.25, 0.3) is 0 Å². The van der Waals surface area contributed by atoms with Crippen LogP contribution in [-0.2, 0) is 4.79 Å². The molecule has 1 aromatic carbocycles. The molecule has 0 heterocycles. The molecule has 7 heteroatoms. The second-order valence-electron chi connectivity index (χ2n) is 4.22. The summed E-state index contributed by atoms with van der Waals surface area (Å²) in [5, 5.41) is 0. The molecule has 0 aliphatic rings. The molecule has 1 amide bonds. The summed E-state index contributed by atoms with van der Waals surface area (Å²) in [6.45, 7) is 1.56. The van der Waals surface area contributed by atoms with Crippen molar-refractivity contribution >= 4 is 11.6 Å². The minimum Gasteiger partial charge on any atom is -0.307 e. The first-order chi connectivity index (χ1) is 9.21. The molecule has 0 aromatic heterocycles. The number of anilines is 1. The molecule has 112 valence electrons. The number of rotatable bonds is 5. The van der Waals surface area contributed by atoms with E-state index >= 15 is 0 Å². The molecule has 1 aromatic rings. The highest BCUT2D eigenvalue weighted by Gasteiger charge is 2.64. The third-order valence-electron chi connectivity index (χ3n) is 2.67. The number of hydrogen-bond acceptors (Lipinski definition) is 1. The average molecular weight is 295 g/mol. The van der Waals surface area contributed by atoms with Crippen LogP contribution in [0.2, 0.25) is 0 Å². The Morgan fingerprint density at radius 1 is 1.10 bits per heavy atom. The van der Waals surface area contributed by atoms with Gasteiger partial charge >= 0.3 is 18.0 Å². The Morgan fingerprint density at radius 2 is 1.65 bits per heavy atom. The minimum absolute atomic E-state index is 0.0230. The summed E-state index contributed by atoms with van der Waals surface area (Å²) in [7, 11) is 0. The van der Waals surface area contributed by atoms with E-state index in [1.807, 2.05) is 0 Å². The lowest BCUT2D eigenvalue weighted by molar-refractivity contribution is -0.268. The minimum atomic E-state index is -5.90. The van der Waals surface area contributed by atoms with Crippen molar-refractivity contribution in [2.75, 3.05) is 11.4 Å². The zero-order chi connectivity index (χ0) is 15.4. The Bertz CT molecular complexity index is 444. The summed E-state index contributed by atoms with van der Waals surface area (Å²) in [4.78, 5) is 12.1. The lowest BCUT2D eigenvalue weighted by Gasteiger charge is -2.28. The second-order valence-corrected chi connectivity index (χ2v) is 4.22. The van der Waals surface area contributed by atoms with Gasteiger partial charge in [0.2, 0.25) is 0 Å². The highest BCUT2D eigenvalue weighted by Crippen LogP contribution is 2.37. The van der Waals surface area contributed by atoms with Gasteiger partial charge in [0.25, 0.3) is 0 Å². The molecule has 2 nitrogen and oxygen atoms in total. The second kappa shape index (κ2) is 6.19. The highest BCUT2D eigenvalue weighted by atomic mass is 19.4. The molecule has 0 atom stereocenters. The van der Waals surface area contributed by atoms with Gasteiger partial charge in [-0.1, -0.05) is 31.5 Å². The molecule has 1 rings (SSSR count). The average Bonchev–Trinajstić information content (AvgIpc) is 2.38. The van der Waals surface area contributed by atoms with E-state index in [4.69, 9.17) is 0 Å². The molecule has 0 fully saturated rings. The first kappa shape index (κ1) is 16.4. The van der Waals surface area contributed by atoms with Gasteiger partial charge in [0.05, 0.1) is 0 Å². The van der Waals surface area contributed by atoms with E-state index in [2.05, 4.69) is 0 Å². The van der Waals surface area contributed by atoms with Crippen molar-refractivity contribution in [1.29, 1.82) is 0 Å². The van der Waals surface area contributed by atoms with E-state index in [1.54, 1.807) is 13.0 Å². The number of halogens is 5. The van der Waals surface area contributed by atoms with Crippen LogP contribution in [0.4, 0.5) is 27.6 Å². The van der Waals surface area contributed by atoms with Gasteiger partial charge in [-0.15, -0.1) is 0 Å². The maximum Gasteiger partial charge on any atom is 0.463 e. The number of amides is 1. The Balaban J connectivity index is 3.09. The number of benzene rings is 1. The number of para-hydroxylation sites is 1. The molecule has 0 bridgehead atoms. The summed E-state index contributed by atoms with van der Waals surface area (Å²) in [6, 6.07) is 7.15. The zero-order valence-electron chi connectivity index (χ0n) is 10.8. The topological polar surface area (TPSA) is 20.3 Å². The summed E-state index contributed by atoms with van der Waals surface area (Å²) in [5.41, 5.74) is 0.0230. The van der Waals surface area contributed by atoms with Gasteiger partial charge in [-0.3, -0.25) is 4.79 Å². The van der Waals surface area contributed by atoms with Crippen molar-refractivity contribution in [2.45, 2.75) is 31.9 Å². The molecule has 0 saturated carbocycles. The van der Waals surface area contributed by atoms with Crippen molar-refractivity contribution in [3.05, 3.63) is 30.3 Å².